The van der Waals surface area contributed by atoms with E-state index in [9.17, 15) is 9.59 Å². The van der Waals surface area contributed by atoms with Crippen molar-refractivity contribution in [2.45, 2.75) is 20.4 Å². The van der Waals surface area contributed by atoms with Gasteiger partial charge in [0.25, 0.3) is 5.91 Å². The molecule has 0 aliphatic heterocycles. The number of benzene rings is 1. The van der Waals surface area contributed by atoms with Gasteiger partial charge >= 0.3 is 0 Å². The van der Waals surface area contributed by atoms with Gasteiger partial charge in [0, 0.05) is 49.2 Å². The first-order valence-electron chi connectivity index (χ1n) is 9.73. The maximum Gasteiger partial charge on any atom is 0.254 e. The first-order valence-corrected chi connectivity index (χ1v) is 10.5. The van der Waals surface area contributed by atoms with Gasteiger partial charge in [0.1, 0.15) is 6.54 Å². The fourth-order valence-electron chi connectivity index (χ4n) is 3.05. The molecule has 0 bridgehead atoms. The number of hydrogen-bond donors (Lipinski definition) is 0. The van der Waals surface area contributed by atoms with Gasteiger partial charge in [0.2, 0.25) is 5.91 Å². The van der Waals surface area contributed by atoms with E-state index in [1.54, 1.807) is 29.0 Å². The molecule has 0 fully saturated rings. The van der Waals surface area contributed by atoms with Gasteiger partial charge in [0.15, 0.2) is 0 Å². The number of halogens is 1. The quantitative estimate of drug-likeness (QED) is 0.541. The van der Waals surface area contributed by atoms with Gasteiger partial charge in [-0.15, -0.1) is 0 Å². The van der Waals surface area contributed by atoms with E-state index < -0.39 is 0 Å². The number of carbonyl (C=O) groups excluding carboxylic acids is 2. The van der Waals surface area contributed by atoms with E-state index in [0.29, 0.717) is 31.8 Å². The lowest BCUT2D eigenvalue weighted by Crippen LogP contribution is -2.45. The predicted molar refractivity (Wildman–Crippen MR) is 118 cm³/mol. The number of ether oxygens (including phenoxy) is 1. The lowest BCUT2D eigenvalue weighted by molar-refractivity contribution is -0.133. The topological polar surface area (TPSA) is 54.8 Å². The van der Waals surface area contributed by atoms with Crippen LogP contribution in [0.3, 0.4) is 0 Å². The highest BCUT2D eigenvalue weighted by Crippen LogP contribution is 2.14. The molecule has 6 nitrogen and oxygen atoms in total. The molecule has 0 saturated heterocycles. The van der Waals surface area contributed by atoms with E-state index in [1.165, 1.54) is 0 Å². The molecule has 2 rings (SSSR count). The number of aryl methyl sites for hydroxylation is 1. The summed E-state index contributed by atoms with van der Waals surface area (Å²) < 4.78 is 8.09. The smallest absolute Gasteiger partial charge is 0.254 e. The first kappa shape index (κ1) is 23.2. The molecule has 0 aliphatic rings. The summed E-state index contributed by atoms with van der Waals surface area (Å²) in [5, 5.41) is 0. The first-order chi connectivity index (χ1) is 13.8. The van der Waals surface area contributed by atoms with Crippen LogP contribution in [0.15, 0.2) is 47.1 Å². The van der Waals surface area contributed by atoms with Gasteiger partial charge in [-0.25, -0.2) is 0 Å². The van der Waals surface area contributed by atoms with E-state index >= 15 is 0 Å². The van der Waals surface area contributed by atoms with E-state index in [-0.39, 0.29) is 24.3 Å². The molecule has 1 aromatic heterocycles. The number of carbonyl (C=O) groups is 2. The lowest BCUT2D eigenvalue weighted by Gasteiger charge is -2.29. The summed E-state index contributed by atoms with van der Waals surface area (Å²) in [6.07, 6.45) is 1.95. The van der Waals surface area contributed by atoms with Gasteiger partial charge in [0.05, 0.1) is 13.2 Å². The molecular formula is C22H30BrN3O3. The van der Waals surface area contributed by atoms with Crippen LogP contribution in [0.5, 0.6) is 0 Å². The molecule has 0 saturated carbocycles. The Morgan fingerprint density at radius 3 is 2.38 bits per heavy atom. The van der Waals surface area contributed by atoms with Crippen molar-refractivity contribution in [2.75, 3.05) is 33.4 Å². The zero-order valence-corrected chi connectivity index (χ0v) is 19.2. The van der Waals surface area contributed by atoms with Crippen molar-refractivity contribution in [3.8, 4) is 0 Å². The Kier molecular flexibility index (Phi) is 8.92. The molecule has 0 spiro atoms. The summed E-state index contributed by atoms with van der Waals surface area (Å²) in [5.41, 5.74) is 1.61. The summed E-state index contributed by atoms with van der Waals surface area (Å²) in [4.78, 5) is 29.6. The summed E-state index contributed by atoms with van der Waals surface area (Å²) in [5.74, 6) is 0.0296. The van der Waals surface area contributed by atoms with Crippen molar-refractivity contribution in [1.29, 1.82) is 0 Å². The van der Waals surface area contributed by atoms with Crippen LogP contribution >= 0.6 is 15.9 Å². The van der Waals surface area contributed by atoms with E-state index in [1.807, 2.05) is 55.9 Å². The van der Waals surface area contributed by atoms with E-state index in [4.69, 9.17) is 4.74 Å². The molecule has 158 valence electrons. The van der Waals surface area contributed by atoms with Crippen molar-refractivity contribution in [3.63, 3.8) is 0 Å². The minimum atomic E-state index is -0.134. The molecule has 0 N–H and O–H groups in total. The average Bonchev–Trinajstić information content (AvgIpc) is 3.08. The van der Waals surface area contributed by atoms with Crippen LogP contribution < -0.4 is 0 Å². The number of nitrogens with zero attached hydrogens (tertiary/aromatic N) is 3. The van der Waals surface area contributed by atoms with Crippen molar-refractivity contribution < 1.29 is 14.3 Å². The minimum Gasteiger partial charge on any atom is -0.383 e. The predicted octanol–water partition coefficient (Wildman–Crippen LogP) is 3.56. The Hall–Kier alpha value is -2.12. The largest absolute Gasteiger partial charge is 0.383 e. The maximum absolute atomic E-state index is 13.1. The summed E-state index contributed by atoms with van der Waals surface area (Å²) in [6, 6.07) is 11.2. The van der Waals surface area contributed by atoms with Gasteiger partial charge in [-0.3, -0.25) is 9.59 Å². The van der Waals surface area contributed by atoms with Gasteiger partial charge < -0.3 is 19.1 Å². The number of rotatable bonds is 10. The number of aromatic nitrogens is 1. The number of amides is 2. The normalized spacial score (nSPS) is 11.0. The SMILES string of the molecule is COCCN(Cc1cccn1C)C(=O)CN(CC(C)C)C(=O)c1ccc(Br)cc1. The maximum atomic E-state index is 13.1. The Labute approximate surface area is 181 Å². The van der Waals surface area contributed by atoms with Crippen molar-refractivity contribution in [2.24, 2.45) is 13.0 Å². The Morgan fingerprint density at radius 2 is 1.83 bits per heavy atom. The fourth-order valence-corrected chi connectivity index (χ4v) is 3.31. The molecule has 0 aliphatic carbocycles. The van der Waals surface area contributed by atoms with Crippen LogP contribution in [0.25, 0.3) is 0 Å². The van der Waals surface area contributed by atoms with Crippen LogP contribution in [0, 0.1) is 5.92 Å². The average molecular weight is 464 g/mol. The van der Waals surface area contributed by atoms with Crippen molar-refractivity contribution >= 4 is 27.7 Å². The third-order valence-electron chi connectivity index (χ3n) is 4.61. The molecule has 29 heavy (non-hydrogen) atoms. The molecule has 1 aromatic carbocycles. The highest BCUT2D eigenvalue weighted by molar-refractivity contribution is 9.10. The molecule has 0 radical (unpaired) electrons. The van der Waals surface area contributed by atoms with Crippen LogP contribution in [-0.2, 0) is 23.1 Å². The number of hydrogen-bond acceptors (Lipinski definition) is 3. The van der Waals surface area contributed by atoms with Crippen LogP contribution in [-0.4, -0.2) is 59.5 Å². The second-order valence-corrected chi connectivity index (χ2v) is 8.42. The van der Waals surface area contributed by atoms with E-state index in [0.717, 1.165) is 10.2 Å². The van der Waals surface area contributed by atoms with Crippen molar-refractivity contribution in [3.05, 3.63) is 58.3 Å². The second kappa shape index (κ2) is 11.2. The third-order valence-corrected chi connectivity index (χ3v) is 5.14. The standard InChI is InChI=1S/C22H30BrN3O3/c1-17(2)14-26(22(28)18-7-9-19(23)10-8-18)16-21(27)25(12-13-29-4)15-20-6-5-11-24(20)3/h5-11,17H,12-16H2,1-4H3. The monoisotopic (exact) mass is 463 g/mol. The highest BCUT2D eigenvalue weighted by atomic mass is 79.9. The van der Waals surface area contributed by atoms with Crippen LogP contribution in [0.4, 0.5) is 0 Å². The summed E-state index contributed by atoms with van der Waals surface area (Å²) in [7, 11) is 3.57. The summed E-state index contributed by atoms with van der Waals surface area (Å²) >= 11 is 3.39. The van der Waals surface area contributed by atoms with Crippen molar-refractivity contribution in [1.82, 2.24) is 14.4 Å². The minimum absolute atomic E-state index is 0.0429. The molecular weight excluding hydrogens is 434 g/mol. The summed E-state index contributed by atoms with van der Waals surface area (Å²) in [6.45, 7) is 6.04. The highest BCUT2D eigenvalue weighted by Gasteiger charge is 2.23. The molecule has 2 amide bonds. The molecule has 2 aromatic rings. The molecule has 1 heterocycles. The Balaban J connectivity index is 2.17. The van der Waals surface area contributed by atoms with Gasteiger partial charge in [-0.05, 0) is 42.3 Å². The third kappa shape index (κ3) is 7.01. The van der Waals surface area contributed by atoms with Gasteiger partial charge in [-0.2, -0.15) is 0 Å². The molecule has 0 atom stereocenters. The Morgan fingerprint density at radius 1 is 1.14 bits per heavy atom. The lowest BCUT2D eigenvalue weighted by atomic mass is 10.1. The second-order valence-electron chi connectivity index (χ2n) is 7.50. The zero-order chi connectivity index (χ0) is 21.4. The zero-order valence-electron chi connectivity index (χ0n) is 17.6. The molecule has 0 unspecified atom stereocenters. The Bertz CT molecular complexity index is 802. The van der Waals surface area contributed by atoms with Crippen LogP contribution in [0.2, 0.25) is 0 Å². The van der Waals surface area contributed by atoms with Crippen LogP contribution in [0.1, 0.15) is 29.9 Å². The van der Waals surface area contributed by atoms with E-state index in [2.05, 4.69) is 15.9 Å². The number of methoxy groups -OCH3 is 1. The fraction of sp³-hybridized carbons (Fsp3) is 0.455. The molecule has 7 heteroatoms. The van der Waals surface area contributed by atoms with Gasteiger partial charge in [-0.1, -0.05) is 29.8 Å².